The number of carbonyl (C=O) groups excluding carboxylic acids is 3. The summed E-state index contributed by atoms with van der Waals surface area (Å²) in [4.78, 5) is 42.4. The average Bonchev–Trinajstić information content (AvgIpc) is 2.73. The van der Waals surface area contributed by atoms with E-state index in [1.54, 1.807) is 12.1 Å². The third kappa shape index (κ3) is 5.44. The molecule has 0 saturated heterocycles. The first-order chi connectivity index (χ1) is 14.5. The Hall–Kier alpha value is -3.20. The summed E-state index contributed by atoms with van der Waals surface area (Å²) in [6, 6.07) is 5.96. The molecule has 8 nitrogen and oxygen atoms in total. The van der Waals surface area contributed by atoms with E-state index in [-0.39, 0.29) is 49.8 Å². The molecule has 0 saturated carbocycles. The first-order valence-electron chi connectivity index (χ1n) is 9.31. The van der Waals surface area contributed by atoms with Crippen molar-refractivity contribution in [3.05, 3.63) is 58.6 Å². The fourth-order valence-electron chi connectivity index (χ4n) is 2.92. The van der Waals surface area contributed by atoms with E-state index in [4.69, 9.17) is 16.3 Å². The van der Waals surface area contributed by atoms with Crippen molar-refractivity contribution in [2.24, 2.45) is 0 Å². The number of hydrogen-bond acceptors (Lipinski definition) is 5. The lowest BCUT2D eigenvalue weighted by Gasteiger charge is -2.23. The number of hydrogen-bond donors (Lipinski definition) is 2. The second-order valence-corrected chi connectivity index (χ2v) is 6.97. The molecule has 2 aromatic rings. The van der Waals surface area contributed by atoms with Crippen molar-refractivity contribution in [2.75, 3.05) is 32.8 Å². The molecule has 30 heavy (non-hydrogen) atoms. The van der Waals surface area contributed by atoms with Crippen molar-refractivity contribution in [3.63, 3.8) is 0 Å². The van der Waals surface area contributed by atoms with Crippen LogP contribution in [0.2, 0.25) is 5.02 Å². The molecule has 1 aliphatic heterocycles. The SMILES string of the molecule is O=C1CN(C(=O)c2ccncc2F)CCCNC(=O)c2cc(Cl)ccc2OCCN1. The number of ether oxygens (including phenoxy) is 1. The predicted molar refractivity (Wildman–Crippen MR) is 107 cm³/mol. The standard InChI is InChI=1S/C20H20ClFN4O4/c21-13-2-3-17-15(10-13)19(28)25-5-1-8-26(12-18(27)24-7-9-30-17)20(29)14-4-6-23-11-16(14)22/h2-4,6,10-11H,1,5,7-9,12H2,(H,24,27)(H,25,28). The van der Waals surface area contributed by atoms with E-state index in [9.17, 15) is 18.8 Å². The minimum atomic E-state index is -0.766. The van der Waals surface area contributed by atoms with Gasteiger partial charge in [-0.25, -0.2) is 4.39 Å². The van der Waals surface area contributed by atoms with Crippen LogP contribution in [0.3, 0.4) is 0 Å². The van der Waals surface area contributed by atoms with Crippen molar-refractivity contribution in [1.29, 1.82) is 0 Å². The summed E-state index contributed by atoms with van der Waals surface area (Å²) < 4.78 is 19.6. The minimum Gasteiger partial charge on any atom is -0.491 e. The highest BCUT2D eigenvalue weighted by molar-refractivity contribution is 6.31. The van der Waals surface area contributed by atoms with E-state index >= 15 is 0 Å². The molecule has 0 aliphatic carbocycles. The maximum Gasteiger partial charge on any atom is 0.257 e. The molecule has 158 valence electrons. The summed E-state index contributed by atoms with van der Waals surface area (Å²) in [6.07, 6.45) is 2.60. The van der Waals surface area contributed by atoms with E-state index in [0.29, 0.717) is 17.2 Å². The van der Waals surface area contributed by atoms with Crippen LogP contribution in [0.1, 0.15) is 27.1 Å². The zero-order valence-corrected chi connectivity index (χ0v) is 16.7. The van der Waals surface area contributed by atoms with Crippen LogP contribution in [-0.2, 0) is 4.79 Å². The van der Waals surface area contributed by atoms with Crippen molar-refractivity contribution >= 4 is 29.3 Å². The second-order valence-electron chi connectivity index (χ2n) is 6.53. The van der Waals surface area contributed by atoms with Crippen molar-refractivity contribution in [1.82, 2.24) is 20.5 Å². The van der Waals surface area contributed by atoms with E-state index in [1.165, 1.54) is 23.2 Å². The molecular weight excluding hydrogens is 415 g/mol. The molecule has 1 aliphatic rings. The number of halogens is 2. The van der Waals surface area contributed by atoms with Crippen molar-refractivity contribution < 1.29 is 23.5 Å². The van der Waals surface area contributed by atoms with Gasteiger partial charge in [-0.2, -0.15) is 0 Å². The number of amides is 3. The van der Waals surface area contributed by atoms with Gasteiger partial charge < -0.3 is 20.3 Å². The summed E-state index contributed by atoms with van der Waals surface area (Å²) in [5, 5.41) is 5.78. The summed E-state index contributed by atoms with van der Waals surface area (Å²) in [5.41, 5.74) is 0.104. The van der Waals surface area contributed by atoms with Crippen LogP contribution in [0.5, 0.6) is 5.75 Å². The highest BCUT2D eigenvalue weighted by Crippen LogP contribution is 2.23. The summed E-state index contributed by atoms with van der Waals surface area (Å²) in [6.45, 7) is 0.400. The number of rotatable bonds is 1. The van der Waals surface area contributed by atoms with Crippen LogP contribution in [0.25, 0.3) is 0 Å². The third-order valence-corrected chi connectivity index (χ3v) is 4.62. The Labute approximate surface area is 177 Å². The number of nitrogens with one attached hydrogen (secondary N) is 2. The number of carbonyl (C=O) groups is 3. The molecule has 1 aromatic heterocycles. The molecule has 0 spiro atoms. The lowest BCUT2D eigenvalue weighted by atomic mass is 10.2. The molecule has 0 radical (unpaired) electrons. The highest BCUT2D eigenvalue weighted by atomic mass is 35.5. The molecule has 3 rings (SSSR count). The van der Waals surface area contributed by atoms with Gasteiger partial charge >= 0.3 is 0 Å². The normalized spacial score (nSPS) is 15.9. The number of fused-ring (bicyclic) bond motifs is 1. The van der Waals surface area contributed by atoms with Gasteiger partial charge in [-0.15, -0.1) is 0 Å². The lowest BCUT2D eigenvalue weighted by molar-refractivity contribution is -0.121. The third-order valence-electron chi connectivity index (χ3n) is 4.38. The Balaban J connectivity index is 1.76. The topological polar surface area (TPSA) is 101 Å². The van der Waals surface area contributed by atoms with Gasteiger partial charge in [0, 0.05) is 24.3 Å². The van der Waals surface area contributed by atoms with Gasteiger partial charge in [0.2, 0.25) is 5.91 Å². The van der Waals surface area contributed by atoms with Crippen LogP contribution in [0.15, 0.2) is 36.7 Å². The largest absolute Gasteiger partial charge is 0.491 e. The minimum absolute atomic E-state index is 0.112. The van der Waals surface area contributed by atoms with Crippen LogP contribution in [-0.4, -0.2) is 60.4 Å². The fourth-order valence-corrected chi connectivity index (χ4v) is 3.10. The van der Waals surface area contributed by atoms with Crippen LogP contribution in [0.4, 0.5) is 4.39 Å². The molecule has 3 amide bonds. The van der Waals surface area contributed by atoms with E-state index in [1.807, 2.05) is 0 Å². The smallest absolute Gasteiger partial charge is 0.257 e. The molecule has 0 unspecified atom stereocenters. The second kappa shape index (κ2) is 10.0. The fraction of sp³-hybridized carbons (Fsp3) is 0.300. The molecule has 0 fully saturated rings. The van der Waals surface area contributed by atoms with Crippen LogP contribution >= 0.6 is 11.6 Å². The maximum absolute atomic E-state index is 14.0. The molecule has 10 heteroatoms. The first kappa shape index (κ1) is 21.5. The Morgan fingerprint density at radius 3 is 2.83 bits per heavy atom. The average molecular weight is 435 g/mol. The molecule has 1 aromatic carbocycles. The number of aromatic nitrogens is 1. The summed E-state index contributed by atoms with van der Waals surface area (Å²) >= 11 is 5.99. The summed E-state index contributed by atoms with van der Waals surface area (Å²) in [7, 11) is 0. The van der Waals surface area contributed by atoms with Crippen LogP contribution in [0, 0.1) is 5.82 Å². The number of nitrogens with zero attached hydrogens (tertiary/aromatic N) is 2. The Morgan fingerprint density at radius 2 is 2.03 bits per heavy atom. The lowest BCUT2D eigenvalue weighted by Crippen LogP contribution is -2.43. The Bertz CT molecular complexity index is 956. The van der Waals surface area contributed by atoms with Gasteiger partial charge in [-0.3, -0.25) is 19.4 Å². The van der Waals surface area contributed by atoms with Gasteiger partial charge in [0.25, 0.3) is 11.8 Å². The van der Waals surface area contributed by atoms with Crippen molar-refractivity contribution in [2.45, 2.75) is 6.42 Å². The Morgan fingerprint density at radius 1 is 1.20 bits per heavy atom. The molecule has 0 bridgehead atoms. The zero-order chi connectivity index (χ0) is 21.5. The monoisotopic (exact) mass is 434 g/mol. The maximum atomic E-state index is 14.0. The van der Waals surface area contributed by atoms with Gasteiger partial charge in [0.1, 0.15) is 12.4 Å². The highest BCUT2D eigenvalue weighted by Gasteiger charge is 2.22. The molecule has 2 heterocycles. The van der Waals surface area contributed by atoms with E-state index in [0.717, 1.165) is 6.20 Å². The van der Waals surface area contributed by atoms with E-state index < -0.39 is 17.6 Å². The predicted octanol–water partition coefficient (Wildman–Crippen LogP) is 1.64. The molecule has 2 N–H and O–H groups in total. The number of pyridine rings is 1. The quantitative estimate of drug-likeness (QED) is 0.710. The number of benzene rings is 1. The summed E-state index contributed by atoms with van der Waals surface area (Å²) in [5.74, 6) is -1.81. The molecular formula is C20H20ClFN4O4. The van der Waals surface area contributed by atoms with Gasteiger partial charge in [-0.05, 0) is 30.7 Å². The first-order valence-corrected chi connectivity index (χ1v) is 9.69. The van der Waals surface area contributed by atoms with E-state index in [2.05, 4.69) is 15.6 Å². The van der Waals surface area contributed by atoms with Crippen LogP contribution < -0.4 is 15.4 Å². The Kier molecular flexibility index (Phi) is 7.18. The van der Waals surface area contributed by atoms with Crippen molar-refractivity contribution in [3.8, 4) is 5.75 Å². The van der Waals surface area contributed by atoms with Gasteiger partial charge in [-0.1, -0.05) is 11.6 Å². The van der Waals surface area contributed by atoms with Gasteiger partial charge in [0.15, 0.2) is 5.82 Å². The molecule has 0 atom stereocenters. The zero-order valence-electron chi connectivity index (χ0n) is 16.0. The van der Waals surface area contributed by atoms with Gasteiger partial charge in [0.05, 0.1) is 30.4 Å².